The average Bonchev–Trinajstić information content (AvgIpc) is 1.30. The Balaban J connectivity index is 3.34. The largest absolute Gasteiger partial charge is 0.317 e. The molecule has 0 saturated carbocycles. The Labute approximate surface area is 53.7 Å². The van der Waals surface area contributed by atoms with E-state index in [1.54, 1.807) is 4.70 Å². The molecule has 0 unspecified atom stereocenters. The minimum absolute atomic E-state index is 0.193. The molecule has 0 aliphatic rings. The van der Waals surface area contributed by atoms with Gasteiger partial charge in [0.15, 0.2) is 0 Å². The van der Waals surface area contributed by atoms with Gasteiger partial charge in [0.1, 0.15) is 0 Å². The van der Waals surface area contributed by atoms with Gasteiger partial charge in [-0.05, 0) is 13.8 Å². The fourth-order valence-electron chi connectivity index (χ4n) is 0.124. The molecule has 0 fully saturated rings. The lowest BCUT2D eigenvalue weighted by atomic mass is 10.4. The Morgan fingerprint density at radius 1 is 1.71 bits per heavy atom. The first kappa shape index (κ1) is 7.40. The quantitative estimate of drug-likeness (QED) is 0.457. The first-order chi connectivity index (χ1) is 3.06. The lowest BCUT2D eigenvalue weighted by Crippen LogP contribution is -2.26. The highest BCUT2D eigenvalue weighted by atomic mass is 32.2. The molecule has 0 amide bonds. The van der Waals surface area contributed by atoms with E-state index in [2.05, 4.69) is 12.2 Å². The van der Waals surface area contributed by atoms with Gasteiger partial charge < -0.3 is 5.73 Å². The fraction of sp³-hybridized carbons (Fsp3) is 0.750. The van der Waals surface area contributed by atoms with Crippen molar-refractivity contribution in [3.63, 3.8) is 0 Å². The molecule has 42 valence electrons. The lowest BCUT2D eigenvalue weighted by Gasteiger charge is -2.12. The van der Waals surface area contributed by atoms with Gasteiger partial charge in [0, 0.05) is 4.70 Å². The van der Waals surface area contributed by atoms with Crippen molar-refractivity contribution in [3.05, 3.63) is 0 Å². The summed E-state index contributed by atoms with van der Waals surface area (Å²) in [5.74, 6) is 0. The predicted octanol–water partition coefficient (Wildman–Crippen LogP) is 1.37. The van der Waals surface area contributed by atoms with Crippen LogP contribution in [0.3, 0.4) is 0 Å². The summed E-state index contributed by atoms with van der Waals surface area (Å²) in [6, 6.07) is 0. The van der Waals surface area contributed by atoms with Crippen LogP contribution < -0.4 is 5.73 Å². The van der Waals surface area contributed by atoms with Crippen LogP contribution in [0.4, 0.5) is 0 Å². The molecule has 3 heteroatoms. The topological polar surface area (TPSA) is 26.0 Å². The van der Waals surface area contributed by atoms with Gasteiger partial charge in [-0.25, -0.2) is 0 Å². The van der Waals surface area contributed by atoms with E-state index in [-0.39, 0.29) is 4.87 Å². The number of thioether (sulfide) groups is 1. The summed E-state index contributed by atoms with van der Waals surface area (Å²) in [6.45, 7) is 3.83. The summed E-state index contributed by atoms with van der Waals surface area (Å²) in [5, 5.41) is 0. The predicted molar refractivity (Wildman–Crippen MR) is 39.5 cm³/mol. The molecule has 0 atom stereocenters. The van der Waals surface area contributed by atoms with Crippen molar-refractivity contribution in [3.8, 4) is 0 Å². The molecule has 0 rings (SSSR count). The third-order valence-electron chi connectivity index (χ3n) is 0.352. The molecule has 0 spiro atoms. The Hall–Kier alpha value is 0.400. The van der Waals surface area contributed by atoms with Gasteiger partial charge in [0.05, 0.1) is 4.87 Å². The van der Waals surface area contributed by atoms with E-state index in [1.165, 1.54) is 11.8 Å². The molecular formula is C4H9NS2. The minimum Gasteiger partial charge on any atom is -0.317 e. The third kappa shape index (κ3) is 6.40. The van der Waals surface area contributed by atoms with Crippen molar-refractivity contribution < 1.29 is 0 Å². The Bertz CT molecular complexity index is 64.6. The van der Waals surface area contributed by atoms with Crippen molar-refractivity contribution >= 4 is 28.7 Å². The molecule has 1 nitrogen and oxygen atoms in total. The molecule has 0 aromatic heterocycles. The molecule has 0 aromatic carbocycles. The van der Waals surface area contributed by atoms with Crippen LogP contribution in [0.2, 0.25) is 0 Å². The number of nitrogens with two attached hydrogens (primary N) is 1. The van der Waals surface area contributed by atoms with E-state index in [0.29, 0.717) is 0 Å². The van der Waals surface area contributed by atoms with Crippen molar-refractivity contribution in [1.29, 1.82) is 0 Å². The first-order valence-electron chi connectivity index (χ1n) is 1.96. The van der Waals surface area contributed by atoms with Crippen molar-refractivity contribution in [2.75, 3.05) is 0 Å². The fourth-order valence-corrected chi connectivity index (χ4v) is 1.12. The van der Waals surface area contributed by atoms with E-state index in [0.717, 1.165) is 0 Å². The molecule has 7 heavy (non-hydrogen) atoms. The number of rotatable bonds is 2. The third-order valence-corrected chi connectivity index (χ3v) is 1.34. The van der Waals surface area contributed by atoms with Gasteiger partial charge in [0.2, 0.25) is 0 Å². The van der Waals surface area contributed by atoms with Crippen LogP contribution in [0.1, 0.15) is 13.8 Å². The second-order valence-electron chi connectivity index (χ2n) is 1.82. The summed E-state index contributed by atoms with van der Waals surface area (Å²) in [7, 11) is 0. The maximum absolute atomic E-state index is 5.51. The maximum atomic E-state index is 5.51. The molecular weight excluding hydrogens is 126 g/mol. The van der Waals surface area contributed by atoms with E-state index in [4.69, 9.17) is 5.73 Å². The number of hydrogen-bond donors (Lipinski definition) is 1. The molecule has 0 aliphatic heterocycles. The summed E-state index contributed by atoms with van der Waals surface area (Å²) in [6.07, 6.45) is 0. The normalized spacial score (nSPS) is 11.3. The minimum atomic E-state index is -0.193. The van der Waals surface area contributed by atoms with Gasteiger partial charge in [-0.2, -0.15) is 0 Å². The summed E-state index contributed by atoms with van der Waals surface area (Å²) in [5.41, 5.74) is 5.51. The zero-order valence-electron chi connectivity index (χ0n) is 4.47. The van der Waals surface area contributed by atoms with Crippen LogP contribution in [-0.2, 0) is 0 Å². The Morgan fingerprint density at radius 3 is 2.14 bits per heavy atom. The van der Waals surface area contributed by atoms with Crippen molar-refractivity contribution in [2.24, 2.45) is 5.73 Å². The second-order valence-corrected chi connectivity index (χ2v) is 3.88. The van der Waals surface area contributed by atoms with Gasteiger partial charge >= 0.3 is 0 Å². The van der Waals surface area contributed by atoms with Crippen LogP contribution in [-0.4, -0.2) is 9.57 Å². The highest BCUT2D eigenvalue weighted by molar-refractivity contribution is 8.21. The van der Waals surface area contributed by atoms with E-state index in [9.17, 15) is 0 Å². The molecule has 0 heterocycles. The van der Waals surface area contributed by atoms with E-state index < -0.39 is 0 Å². The SMILES string of the molecule is CC(C)(N)SC=S. The zero-order chi connectivity index (χ0) is 5.91. The highest BCUT2D eigenvalue weighted by Gasteiger charge is 2.06. The maximum Gasteiger partial charge on any atom is 0.0612 e. The van der Waals surface area contributed by atoms with Gasteiger partial charge in [-0.15, -0.1) is 11.8 Å². The number of hydrogen-bond acceptors (Lipinski definition) is 3. The monoisotopic (exact) mass is 135 g/mol. The standard InChI is InChI=1S/C4H9NS2/c1-4(2,5)7-3-6/h3H,5H2,1-2H3. The summed E-state index contributed by atoms with van der Waals surface area (Å²) in [4.78, 5) is -0.193. The highest BCUT2D eigenvalue weighted by Crippen LogP contribution is 2.13. The van der Waals surface area contributed by atoms with E-state index >= 15 is 0 Å². The van der Waals surface area contributed by atoms with Crippen LogP contribution >= 0.6 is 24.0 Å². The van der Waals surface area contributed by atoms with Crippen LogP contribution in [0.15, 0.2) is 0 Å². The smallest absolute Gasteiger partial charge is 0.0612 e. The molecule has 2 N–H and O–H groups in total. The van der Waals surface area contributed by atoms with Crippen molar-refractivity contribution in [1.82, 2.24) is 0 Å². The van der Waals surface area contributed by atoms with Crippen LogP contribution in [0.5, 0.6) is 0 Å². The lowest BCUT2D eigenvalue weighted by molar-refractivity contribution is 0.764. The van der Waals surface area contributed by atoms with Gasteiger partial charge in [0.25, 0.3) is 0 Å². The van der Waals surface area contributed by atoms with Crippen LogP contribution in [0.25, 0.3) is 0 Å². The summed E-state index contributed by atoms with van der Waals surface area (Å²) < 4.78 is 1.58. The van der Waals surface area contributed by atoms with Gasteiger partial charge in [-0.1, -0.05) is 12.2 Å². The second kappa shape index (κ2) is 2.64. The summed E-state index contributed by atoms with van der Waals surface area (Å²) >= 11 is 6.01. The Kier molecular flexibility index (Phi) is 2.80. The molecule has 0 radical (unpaired) electrons. The van der Waals surface area contributed by atoms with Gasteiger partial charge in [-0.3, -0.25) is 0 Å². The first-order valence-corrected chi connectivity index (χ1v) is 3.32. The molecule has 0 saturated heterocycles. The number of thiocarbonyl (C=S) groups is 1. The molecule has 0 aliphatic carbocycles. The van der Waals surface area contributed by atoms with E-state index in [1.807, 2.05) is 13.8 Å². The average molecular weight is 135 g/mol. The Morgan fingerprint density at radius 2 is 2.14 bits per heavy atom. The van der Waals surface area contributed by atoms with Crippen molar-refractivity contribution in [2.45, 2.75) is 18.7 Å². The molecule has 0 bridgehead atoms. The zero-order valence-corrected chi connectivity index (χ0v) is 6.10. The van der Waals surface area contributed by atoms with Crippen LogP contribution in [0, 0.1) is 0 Å². The molecule has 0 aromatic rings.